The lowest BCUT2D eigenvalue weighted by molar-refractivity contribution is -0.142. The van der Waals surface area contributed by atoms with Crippen LogP contribution >= 0.6 is 0 Å². The monoisotopic (exact) mass is 384 g/mol. The topological polar surface area (TPSA) is 32.8 Å². The van der Waals surface area contributed by atoms with Crippen molar-refractivity contribution in [1.82, 2.24) is 9.80 Å². The van der Waals surface area contributed by atoms with Crippen LogP contribution in [-0.2, 0) is 11.3 Å². The third kappa shape index (κ3) is 4.37. The molecule has 28 heavy (non-hydrogen) atoms. The molecule has 4 heteroatoms. The van der Waals surface area contributed by atoms with Crippen LogP contribution in [0.3, 0.4) is 0 Å². The number of methoxy groups -OCH3 is 1. The first-order valence-electron chi connectivity index (χ1n) is 11.3. The van der Waals surface area contributed by atoms with Gasteiger partial charge in [0.2, 0.25) is 5.91 Å². The van der Waals surface area contributed by atoms with Crippen LogP contribution < -0.4 is 4.74 Å². The summed E-state index contributed by atoms with van der Waals surface area (Å²) in [6.45, 7) is 6.37. The Kier molecular flexibility index (Phi) is 6.25. The summed E-state index contributed by atoms with van der Waals surface area (Å²) in [5.41, 5.74) is 2.57. The zero-order valence-corrected chi connectivity index (χ0v) is 17.7. The average molecular weight is 385 g/mol. The molecule has 0 aromatic heterocycles. The number of carbonyl (C=O) groups excluding carboxylic acids is 1. The Hall–Kier alpha value is -1.55. The fourth-order valence-electron chi connectivity index (χ4n) is 5.75. The van der Waals surface area contributed by atoms with Crippen molar-refractivity contribution in [3.05, 3.63) is 29.3 Å². The van der Waals surface area contributed by atoms with Gasteiger partial charge in [0.15, 0.2) is 0 Å². The summed E-state index contributed by atoms with van der Waals surface area (Å²) in [7, 11) is 1.73. The van der Waals surface area contributed by atoms with Crippen LogP contribution in [0.15, 0.2) is 18.2 Å². The fourth-order valence-corrected chi connectivity index (χ4v) is 5.75. The van der Waals surface area contributed by atoms with Crippen LogP contribution in [0.1, 0.15) is 62.5 Å². The van der Waals surface area contributed by atoms with Crippen LogP contribution in [0.5, 0.6) is 5.75 Å². The molecule has 3 fully saturated rings. The minimum absolute atomic E-state index is 0.422. The average Bonchev–Trinajstić information content (AvgIpc) is 2.71. The van der Waals surface area contributed by atoms with E-state index in [-0.39, 0.29) is 0 Å². The van der Waals surface area contributed by atoms with Gasteiger partial charge in [-0.3, -0.25) is 9.69 Å². The third-order valence-electron chi connectivity index (χ3n) is 7.27. The largest absolute Gasteiger partial charge is 0.496 e. The van der Waals surface area contributed by atoms with Gasteiger partial charge >= 0.3 is 0 Å². The van der Waals surface area contributed by atoms with E-state index in [9.17, 15) is 4.79 Å². The summed E-state index contributed by atoms with van der Waals surface area (Å²) in [6, 6.07) is 7.02. The number of ether oxygens (including phenoxy) is 1. The van der Waals surface area contributed by atoms with Crippen LogP contribution in [0.25, 0.3) is 0 Å². The quantitative estimate of drug-likeness (QED) is 0.754. The number of hydrogen-bond acceptors (Lipinski definition) is 3. The molecule has 0 unspecified atom stereocenters. The molecular formula is C24H36N2O2. The number of amides is 1. The van der Waals surface area contributed by atoms with Crippen molar-refractivity contribution in [2.75, 3.05) is 26.7 Å². The maximum absolute atomic E-state index is 12.7. The van der Waals surface area contributed by atoms with E-state index in [0.717, 1.165) is 57.1 Å². The first-order chi connectivity index (χ1) is 13.6. The second-order valence-corrected chi connectivity index (χ2v) is 9.24. The maximum Gasteiger partial charge on any atom is 0.222 e. The molecule has 4 nitrogen and oxygen atoms in total. The Bertz CT molecular complexity index is 683. The van der Waals surface area contributed by atoms with E-state index < -0.39 is 0 Å². The third-order valence-corrected chi connectivity index (χ3v) is 7.27. The number of carbonyl (C=O) groups is 1. The minimum atomic E-state index is 0.422. The lowest BCUT2D eigenvalue weighted by Gasteiger charge is -2.48. The Morgan fingerprint density at radius 3 is 2.68 bits per heavy atom. The van der Waals surface area contributed by atoms with E-state index >= 15 is 0 Å². The van der Waals surface area contributed by atoms with E-state index in [1.165, 1.54) is 43.2 Å². The van der Waals surface area contributed by atoms with E-state index in [0.29, 0.717) is 17.9 Å². The van der Waals surface area contributed by atoms with E-state index in [4.69, 9.17) is 4.74 Å². The molecule has 0 spiro atoms. The van der Waals surface area contributed by atoms with Gasteiger partial charge in [0.1, 0.15) is 5.75 Å². The highest BCUT2D eigenvalue weighted by Crippen LogP contribution is 2.34. The van der Waals surface area contributed by atoms with Gasteiger partial charge < -0.3 is 9.64 Å². The van der Waals surface area contributed by atoms with Crippen molar-refractivity contribution < 1.29 is 9.53 Å². The Labute approximate surface area is 170 Å². The SMILES string of the molecule is COc1ccc(CN2CC[C@H]3[C@H](CCC(=O)N3CC3CCCCC3)C2)cc1C. The van der Waals surface area contributed by atoms with E-state index in [1.807, 2.05) is 0 Å². The highest BCUT2D eigenvalue weighted by atomic mass is 16.5. The summed E-state index contributed by atoms with van der Waals surface area (Å²) >= 11 is 0. The number of benzene rings is 1. The predicted octanol–water partition coefficient (Wildman–Crippen LogP) is 4.40. The van der Waals surface area contributed by atoms with E-state index in [2.05, 4.69) is 34.9 Å². The second-order valence-electron chi connectivity index (χ2n) is 9.24. The molecule has 0 N–H and O–H groups in total. The number of fused-ring (bicyclic) bond motifs is 1. The molecule has 1 aliphatic carbocycles. The van der Waals surface area contributed by atoms with Crippen LogP contribution in [0.2, 0.25) is 0 Å². The zero-order chi connectivity index (χ0) is 19.5. The first-order valence-corrected chi connectivity index (χ1v) is 11.3. The van der Waals surface area contributed by atoms with Crippen molar-refractivity contribution in [3.8, 4) is 5.75 Å². The highest BCUT2D eigenvalue weighted by molar-refractivity contribution is 5.77. The van der Waals surface area contributed by atoms with Gasteiger partial charge in [0.05, 0.1) is 7.11 Å². The number of likely N-dealkylation sites (tertiary alicyclic amines) is 2. The number of piperidine rings is 2. The van der Waals surface area contributed by atoms with Crippen molar-refractivity contribution in [3.63, 3.8) is 0 Å². The van der Waals surface area contributed by atoms with E-state index in [1.54, 1.807) is 7.11 Å². The lowest BCUT2D eigenvalue weighted by Crippen LogP contribution is -2.56. The summed E-state index contributed by atoms with van der Waals surface area (Å²) in [5, 5.41) is 0. The molecule has 2 saturated heterocycles. The summed E-state index contributed by atoms with van der Waals surface area (Å²) in [5.74, 6) is 2.78. The minimum Gasteiger partial charge on any atom is -0.496 e. The standard InChI is InChI=1S/C24H36N2O2/c1-18-14-20(8-10-23(18)28-2)15-25-13-12-22-21(17-25)9-11-24(27)26(22)16-19-6-4-3-5-7-19/h8,10,14,19,21-22H,3-7,9,11-13,15-17H2,1-2H3/t21-,22+/m1/s1. The summed E-state index contributed by atoms with van der Waals surface area (Å²) in [6.07, 6.45) is 9.71. The normalized spacial score (nSPS) is 26.9. The molecule has 1 aromatic rings. The van der Waals surface area contributed by atoms with Crippen molar-refractivity contribution >= 4 is 5.91 Å². The molecule has 2 aliphatic heterocycles. The van der Waals surface area contributed by atoms with Crippen molar-refractivity contribution in [2.24, 2.45) is 11.8 Å². The fraction of sp³-hybridized carbons (Fsp3) is 0.708. The second kappa shape index (κ2) is 8.86. The Morgan fingerprint density at radius 2 is 1.93 bits per heavy atom. The number of rotatable bonds is 5. The van der Waals surface area contributed by atoms with Gasteiger partial charge in [-0.1, -0.05) is 31.4 Å². The molecule has 3 aliphatic rings. The van der Waals surface area contributed by atoms with Gasteiger partial charge in [-0.2, -0.15) is 0 Å². The van der Waals surface area contributed by atoms with Crippen LogP contribution in [0.4, 0.5) is 0 Å². The molecule has 2 heterocycles. The summed E-state index contributed by atoms with van der Waals surface area (Å²) in [4.78, 5) is 17.6. The van der Waals surface area contributed by atoms with Gasteiger partial charge in [0.25, 0.3) is 0 Å². The molecule has 0 radical (unpaired) electrons. The number of aryl methyl sites for hydroxylation is 1. The van der Waals surface area contributed by atoms with Gasteiger partial charge in [-0.25, -0.2) is 0 Å². The molecule has 154 valence electrons. The van der Waals surface area contributed by atoms with Crippen molar-refractivity contribution in [1.29, 1.82) is 0 Å². The molecule has 1 amide bonds. The first kappa shape index (κ1) is 19.8. The van der Waals surface area contributed by atoms with Crippen LogP contribution in [-0.4, -0.2) is 48.5 Å². The number of nitrogens with zero attached hydrogens (tertiary/aromatic N) is 2. The van der Waals surface area contributed by atoms with Gasteiger partial charge in [0, 0.05) is 38.6 Å². The van der Waals surface area contributed by atoms with Gasteiger partial charge in [-0.05, 0) is 61.6 Å². The number of hydrogen-bond donors (Lipinski definition) is 0. The van der Waals surface area contributed by atoms with Crippen molar-refractivity contribution in [2.45, 2.75) is 70.9 Å². The molecule has 1 saturated carbocycles. The molecule has 2 atom stereocenters. The maximum atomic E-state index is 12.7. The summed E-state index contributed by atoms with van der Waals surface area (Å²) < 4.78 is 5.39. The van der Waals surface area contributed by atoms with Crippen LogP contribution in [0, 0.1) is 18.8 Å². The molecular weight excluding hydrogens is 348 g/mol. The highest BCUT2D eigenvalue weighted by Gasteiger charge is 2.39. The smallest absolute Gasteiger partial charge is 0.222 e. The molecule has 4 rings (SSSR count). The lowest BCUT2D eigenvalue weighted by atomic mass is 9.81. The Morgan fingerprint density at radius 1 is 1.11 bits per heavy atom. The molecule has 1 aromatic carbocycles. The Balaban J connectivity index is 1.37. The zero-order valence-electron chi connectivity index (χ0n) is 17.7. The van der Waals surface area contributed by atoms with Gasteiger partial charge in [-0.15, -0.1) is 0 Å². The molecule has 0 bridgehead atoms. The predicted molar refractivity (Wildman–Crippen MR) is 112 cm³/mol.